The van der Waals surface area contributed by atoms with Crippen molar-refractivity contribution in [2.24, 2.45) is 0 Å². The number of carbonyl (C=O) groups is 1. The van der Waals surface area contributed by atoms with Gasteiger partial charge in [-0.2, -0.15) is 0 Å². The van der Waals surface area contributed by atoms with Crippen molar-refractivity contribution < 1.29 is 9.90 Å². The minimum absolute atomic E-state index is 0.000492. The number of aliphatic hydroxyl groups excluding tert-OH is 1. The van der Waals surface area contributed by atoms with Crippen LogP contribution in [-0.2, 0) is 4.79 Å². The summed E-state index contributed by atoms with van der Waals surface area (Å²) in [5.41, 5.74) is 0.941. The average molecular weight is 288 g/mol. The summed E-state index contributed by atoms with van der Waals surface area (Å²) >= 11 is 0. The lowest BCUT2D eigenvalue weighted by Crippen LogP contribution is -2.46. The molecule has 0 unspecified atom stereocenters. The van der Waals surface area contributed by atoms with Crippen LogP contribution in [0.5, 0.6) is 0 Å². The Kier molecular flexibility index (Phi) is 4.56. The molecular weight excluding hydrogens is 264 g/mol. The zero-order chi connectivity index (χ0) is 14.7. The molecule has 4 nitrogen and oxygen atoms in total. The summed E-state index contributed by atoms with van der Waals surface area (Å²) in [7, 11) is 0. The molecule has 2 fully saturated rings. The molecule has 0 spiro atoms. The van der Waals surface area contributed by atoms with Crippen molar-refractivity contribution in [2.75, 3.05) is 13.1 Å². The predicted molar refractivity (Wildman–Crippen MR) is 81.8 cm³/mol. The highest BCUT2D eigenvalue weighted by molar-refractivity contribution is 5.82. The van der Waals surface area contributed by atoms with Gasteiger partial charge in [-0.05, 0) is 44.2 Å². The molecule has 1 aromatic carbocycles. The molecule has 1 amide bonds. The van der Waals surface area contributed by atoms with Crippen molar-refractivity contribution in [3.05, 3.63) is 35.9 Å². The van der Waals surface area contributed by atoms with Gasteiger partial charge in [-0.1, -0.05) is 30.3 Å². The number of hydrogen-bond donors (Lipinski definition) is 2. The molecule has 3 rings (SSSR count). The third kappa shape index (κ3) is 3.27. The van der Waals surface area contributed by atoms with Crippen LogP contribution in [0.4, 0.5) is 0 Å². The second kappa shape index (κ2) is 6.58. The molecule has 2 aliphatic rings. The van der Waals surface area contributed by atoms with Crippen LogP contribution in [-0.4, -0.2) is 41.1 Å². The second-order valence-corrected chi connectivity index (χ2v) is 6.14. The molecule has 3 atom stereocenters. The molecule has 1 aromatic rings. The maximum atomic E-state index is 12.6. The Morgan fingerprint density at radius 3 is 2.81 bits per heavy atom. The zero-order valence-corrected chi connectivity index (χ0v) is 12.4. The first kappa shape index (κ1) is 14.5. The molecule has 0 radical (unpaired) electrons. The smallest absolute Gasteiger partial charge is 0.239 e. The summed E-state index contributed by atoms with van der Waals surface area (Å²) < 4.78 is 0. The third-order valence-electron chi connectivity index (χ3n) is 4.70. The fourth-order valence-electron chi connectivity index (χ4n) is 3.54. The molecule has 2 saturated heterocycles. The van der Waals surface area contributed by atoms with E-state index in [9.17, 15) is 9.90 Å². The number of amides is 1. The maximum Gasteiger partial charge on any atom is 0.239 e. The first-order valence-corrected chi connectivity index (χ1v) is 8.02. The van der Waals surface area contributed by atoms with Crippen LogP contribution >= 0.6 is 0 Å². The van der Waals surface area contributed by atoms with Crippen molar-refractivity contribution in [3.8, 4) is 0 Å². The number of likely N-dealkylation sites (tertiary alicyclic amines) is 1. The monoisotopic (exact) mass is 288 g/mol. The predicted octanol–water partition coefficient (Wildman–Crippen LogP) is 1.85. The number of nitrogens with one attached hydrogen (secondary N) is 1. The number of nitrogens with zero attached hydrogens (tertiary/aromatic N) is 1. The quantitative estimate of drug-likeness (QED) is 0.889. The number of rotatable bonds is 4. The van der Waals surface area contributed by atoms with Crippen LogP contribution in [0.2, 0.25) is 0 Å². The number of hydrogen-bond acceptors (Lipinski definition) is 3. The van der Waals surface area contributed by atoms with Crippen LogP contribution in [0, 0.1) is 0 Å². The summed E-state index contributed by atoms with van der Waals surface area (Å²) in [6.07, 6.45) is 4.24. The lowest BCUT2D eigenvalue weighted by molar-refractivity contribution is -0.134. The molecule has 21 heavy (non-hydrogen) atoms. The molecule has 4 heteroatoms. The van der Waals surface area contributed by atoms with Gasteiger partial charge >= 0.3 is 0 Å². The summed E-state index contributed by atoms with van der Waals surface area (Å²) in [6.45, 7) is 1.78. The van der Waals surface area contributed by atoms with E-state index in [0.717, 1.165) is 44.3 Å². The minimum Gasteiger partial charge on any atom is -0.388 e. The van der Waals surface area contributed by atoms with Crippen LogP contribution in [0.25, 0.3) is 0 Å². The van der Waals surface area contributed by atoms with Crippen LogP contribution in [0.15, 0.2) is 30.3 Å². The van der Waals surface area contributed by atoms with Crippen molar-refractivity contribution in [3.63, 3.8) is 0 Å². The van der Waals surface area contributed by atoms with Gasteiger partial charge in [0.2, 0.25) is 5.91 Å². The van der Waals surface area contributed by atoms with Crippen LogP contribution < -0.4 is 5.32 Å². The van der Waals surface area contributed by atoms with Gasteiger partial charge in [-0.3, -0.25) is 4.79 Å². The van der Waals surface area contributed by atoms with Crippen LogP contribution in [0.1, 0.15) is 43.8 Å². The molecule has 2 aliphatic heterocycles. The van der Waals surface area contributed by atoms with Gasteiger partial charge in [0, 0.05) is 12.6 Å². The third-order valence-corrected chi connectivity index (χ3v) is 4.70. The SMILES string of the molecule is O=C([C@@H]1CCCN1)N1CCC[C@@H]1C[C@@H](O)c1ccccc1. The van der Waals surface area contributed by atoms with E-state index in [0.29, 0.717) is 6.42 Å². The van der Waals surface area contributed by atoms with Crippen molar-refractivity contribution in [2.45, 2.75) is 50.3 Å². The van der Waals surface area contributed by atoms with Gasteiger partial charge in [-0.25, -0.2) is 0 Å². The van der Waals surface area contributed by atoms with Gasteiger partial charge < -0.3 is 15.3 Å². The topological polar surface area (TPSA) is 52.6 Å². The molecule has 2 N–H and O–H groups in total. The Morgan fingerprint density at radius 2 is 2.10 bits per heavy atom. The van der Waals surface area contributed by atoms with E-state index >= 15 is 0 Å². The molecule has 0 aromatic heterocycles. The Hall–Kier alpha value is -1.39. The molecule has 0 aliphatic carbocycles. The van der Waals surface area contributed by atoms with Gasteiger partial charge in [0.15, 0.2) is 0 Å². The Labute approximate surface area is 126 Å². The number of carbonyl (C=O) groups excluding carboxylic acids is 1. The first-order chi connectivity index (χ1) is 10.3. The van der Waals surface area contributed by atoms with E-state index < -0.39 is 6.10 Å². The van der Waals surface area contributed by atoms with E-state index in [1.807, 2.05) is 35.2 Å². The zero-order valence-electron chi connectivity index (χ0n) is 12.4. The minimum atomic E-state index is -0.485. The lowest BCUT2D eigenvalue weighted by atomic mass is 10.00. The summed E-state index contributed by atoms with van der Waals surface area (Å²) in [6, 6.07) is 9.91. The molecule has 0 bridgehead atoms. The summed E-state index contributed by atoms with van der Waals surface area (Å²) in [5, 5.41) is 13.7. The number of aliphatic hydroxyl groups is 1. The van der Waals surface area contributed by atoms with Crippen molar-refractivity contribution in [1.82, 2.24) is 10.2 Å². The van der Waals surface area contributed by atoms with E-state index in [-0.39, 0.29) is 18.0 Å². The van der Waals surface area contributed by atoms with Gasteiger partial charge in [-0.15, -0.1) is 0 Å². The molecule has 2 heterocycles. The highest BCUT2D eigenvalue weighted by Crippen LogP contribution is 2.28. The Balaban J connectivity index is 1.62. The molecule has 0 saturated carbocycles. The molecule has 114 valence electrons. The van der Waals surface area contributed by atoms with E-state index in [2.05, 4.69) is 5.32 Å². The summed E-state index contributed by atoms with van der Waals surface area (Å²) in [4.78, 5) is 14.6. The highest BCUT2D eigenvalue weighted by atomic mass is 16.3. The average Bonchev–Trinajstić information content (AvgIpc) is 3.19. The fourth-order valence-corrected chi connectivity index (χ4v) is 3.54. The largest absolute Gasteiger partial charge is 0.388 e. The fraction of sp³-hybridized carbons (Fsp3) is 0.588. The maximum absolute atomic E-state index is 12.6. The number of benzene rings is 1. The summed E-state index contributed by atoms with van der Waals surface area (Å²) in [5.74, 6) is 0.232. The Morgan fingerprint density at radius 1 is 1.29 bits per heavy atom. The Bertz CT molecular complexity index is 471. The van der Waals surface area contributed by atoms with Gasteiger partial charge in [0.05, 0.1) is 12.1 Å². The lowest BCUT2D eigenvalue weighted by Gasteiger charge is -2.29. The normalized spacial score (nSPS) is 27.0. The highest BCUT2D eigenvalue weighted by Gasteiger charge is 2.35. The van der Waals surface area contributed by atoms with Crippen LogP contribution in [0.3, 0.4) is 0 Å². The van der Waals surface area contributed by atoms with Gasteiger partial charge in [0.25, 0.3) is 0 Å². The van der Waals surface area contributed by atoms with Crippen molar-refractivity contribution >= 4 is 5.91 Å². The van der Waals surface area contributed by atoms with E-state index in [1.54, 1.807) is 0 Å². The standard InChI is InChI=1S/C17H24N2O2/c20-16(13-6-2-1-3-7-13)12-14-8-5-11-19(14)17(21)15-9-4-10-18-15/h1-3,6-7,14-16,18,20H,4-5,8-12H2/t14-,15+,16-/m1/s1. The van der Waals surface area contributed by atoms with Crippen molar-refractivity contribution in [1.29, 1.82) is 0 Å². The second-order valence-electron chi connectivity index (χ2n) is 6.14. The molecular formula is C17H24N2O2. The first-order valence-electron chi connectivity index (χ1n) is 8.02. The van der Waals surface area contributed by atoms with Gasteiger partial charge in [0.1, 0.15) is 0 Å². The van der Waals surface area contributed by atoms with E-state index in [4.69, 9.17) is 0 Å². The van der Waals surface area contributed by atoms with E-state index in [1.165, 1.54) is 0 Å².